The minimum atomic E-state index is -4.56. The molecular weight excluding hydrogens is 248 g/mol. The van der Waals surface area contributed by atoms with Gasteiger partial charge in [-0.2, -0.15) is 13.2 Å². The smallest absolute Gasteiger partial charge is 0.320 e. The van der Waals surface area contributed by atoms with Gasteiger partial charge in [0.25, 0.3) is 0 Å². The third-order valence-electron chi connectivity index (χ3n) is 2.21. The van der Waals surface area contributed by atoms with E-state index in [2.05, 4.69) is 0 Å². The largest absolute Gasteiger partial charge is 0.403 e. The van der Waals surface area contributed by atoms with Crippen molar-refractivity contribution < 1.29 is 26.3 Å². The molecule has 0 aliphatic heterocycles. The molecule has 1 rings (SSSR count). The van der Waals surface area contributed by atoms with E-state index in [0.717, 1.165) is 0 Å². The van der Waals surface area contributed by atoms with Gasteiger partial charge in [0.05, 0.1) is 0 Å². The quantitative estimate of drug-likeness (QED) is 0.654. The molecule has 1 aromatic rings. The summed E-state index contributed by atoms with van der Waals surface area (Å²) >= 11 is 0. The van der Waals surface area contributed by atoms with Crippen molar-refractivity contribution in [3.8, 4) is 0 Å². The van der Waals surface area contributed by atoms with Crippen LogP contribution in [-0.4, -0.2) is 12.2 Å². The summed E-state index contributed by atoms with van der Waals surface area (Å²) in [6.45, 7) is 0. The van der Waals surface area contributed by atoms with E-state index in [0.29, 0.717) is 12.1 Å². The van der Waals surface area contributed by atoms with Crippen LogP contribution in [0.2, 0.25) is 0 Å². The molecule has 96 valence electrons. The van der Waals surface area contributed by atoms with Crippen molar-refractivity contribution in [3.63, 3.8) is 0 Å². The molecule has 1 nitrogen and oxygen atoms in total. The van der Waals surface area contributed by atoms with Crippen LogP contribution in [0.15, 0.2) is 12.1 Å². The van der Waals surface area contributed by atoms with Gasteiger partial charge in [0.1, 0.15) is 6.04 Å². The fourth-order valence-corrected chi connectivity index (χ4v) is 1.24. The molecule has 0 radical (unpaired) electrons. The zero-order valence-electron chi connectivity index (χ0n) is 8.49. The molecule has 0 aromatic heterocycles. The average molecular weight is 257 g/mol. The van der Waals surface area contributed by atoms with Crippen LogP contribution in [0.3, 0.4) is 0 Å². The van der Waals surface area contributed by atoms with Gasteiger partial charge in [0, 0.05) is 0 Å². The van der Waals surface area contributed by atoms with E-state index >= 15 is 0 Å². The summed E-state index contributed by atoms with van der Waals surface area (Å²) in [5.41, 5.74) is 4.75. The normalized spacial score (nSPS) is 13.8. The SMILES string of the molecule is NC(CCc1cc(F)c(F)c(F)c1)C(F)(F)F. The van der Waals surface area contributed by atoms with Crippen molar-refractivity contribution in [2.75, 3.05) is 0 Å². The Hall–Kier alpha value is -1.24. The van der Waals surface area contributed by atoms with Crippen molar-refractivity contribution in [1.82, 2.24) is 0 Å². The first-order valence-electron chi connectivity index (χ1n) is 4.67. The Bertz CT molecular complexity index is 377. The van der Waals surface area contributed by atoms with Crippen molar-refractivity contribution in [2.24, 2.45) is 5.73 Å². The minimum Gasteiger partial charge on any atom is -0.320 e. The van der Waals surface area contributed by atoms with Gasteiger partial charge in [-0.15, -0.1) is 0 Å². The molecule has 0 fully saturated rings. The lowest BCUT2D eigenvalue weighted by atomic mass is 10.0. The highest BCUT2D eigenvalue weighted by molar-refractivity contribution is 5.19. The first-order valence-corrected chi connectivity index (χ1v) is 4.67. The molecule has 2 N–H and O–H groups in total. The highest BCUT2D eigenvalue weighted by atomic mass is 19.4. The molecule has 0 bridgehead atoms. The number of benzene rings is 1. The van der Waals surface area contributed by atoms with Crippen LogP contribution in [0.4, 0.5) is 26.3 Å². The highest BCUT2D eigenvalue weighted by Crippen LogP contribution is 2.22. The fourth-order valence-electron chi connectivity index (χ4n) is 1.24. The van der Waals surface area contributed by atoms with Crippen LogP contribution in [0.5, 0.6) is 0 Å². The van der Waals surface area contributed by atoms with E-state index < -0.39 is 36.1 Å². The van der Waals surface area contributed by atoms with Gasteiger partial charge in [-0.25, -0.2) is 13.2 Å². The lowest BCUT2D eigenvalue weighted by Gasteiger charge is -2.15. The Kier molecular flexibility index (Phi) is 4.03. The lowest BCUT2D eigenvalue weighted by molar-refractivity contribution is -0.148. The second kappa shape index (κ2) is 4.95. The number of hydrogen-bond acceptors (Lipinski definition) is 1. The van der Waals surface area contributed by atoms with Crippen LogP contribution < -0.4 is 5.73 Å². The molecule has 0 aliphatic carbocycles. The molecule has 0 saturated carbocycles. The van der Waals surface area contributed by atoms with Crippen molar-refractivity contribution in [1.29, 1.82) is 0 Å². The van der Waals surface area contributed by atoms with Gasteiger partial charge in [-0.1, -0.05) is 0 Å². The Morgan fingerprint density at radius 1 is 1.06 bits per heavy atom. The van der Waals surface area contributed by atoms with Gasteiger partial charge < -0.3 is 5.73 Å². The van der Waals surface area contributed by atoms with E-state index in [9.17, 15) is 26.3 Å². The van der Waals surface area contributed by atoms with Crippen molar-refractivity contribution >= 4 is 0 Å². The standard InChI is InChI=1S/C10H9F6N/c11-6-3-5(4-7(12)9(6)13)1-2-8(17)10(14,15)16/h3-4,8H,1-2,17H2. The molecule has 0 spiro atoms. The maximum atomic E-state index is 12.7. The van der Waals surface area contributed by atoms with E-state index in [1.807, 2.05) is 0 Å². The summed E-state index contributed by atoms with van der Waals surface area (Å²) < 4.78 is 74.1. The number of aryl methyl sites for hydroxylation is 1. The van der Waals surface area contributed by atoms with Crippen LogP contribution >= 0.6 is 0 Å². The maximum absolute atomic E-state index is 12.7. The minimum absolute atomic E-state index is 0.0684. The molecule has 1 atom stereocenters. The fraction of sp³-hybridized carbons (Fsp3) is 0.400. The summed E-state index contributed by atoms with van der Waals surface area (Å²) in [7, 11) is 0. The Morgan fingerprint density at radius 3 is 1.94 bits per heavy atom. The van der Waals surface area contributed by atoms with Gasteiger partial charge in [-0.3, -0.25) is 0 Å². The molecule has 0 aliphatic rings. The summed E-state index contributed by atoms with van der Waals surface area (Å²) in [5, 5.41) is 0. The predicted octanol–water partition coefficient (Wildman–Crippen LogP) is 2.93. The molecule has 0 saturated heterocycles. The highest BCUT2D eigenvalue weighted by Gasteiger charge is 2.36. The monoisotopic (exact) mass is 257 g/mol. The number of nitrogens with two attached hydrogens (primary N) is 1. The first kappa shape index (κ1) is 13.8. The van der Waals surface area contributed by atoms with E-state index in [1.54, 1.807) is 0 Å². The van der Waals surface area contributed by atoms with Gasteiger partial charge in [0.15, 0.2) is 17.5 Å². The molecule has 1 aromatic carbocycles. The summed E-state index contributed by atoms with van der Waals surface area (Å²) in [5.74, 6) is -4.50. The van der Waals surface area contributed by atoms with Crippen molar-refractivity contribution in [2.45, 2.75) is 25.1 Å². The average Bonchev–Trinajstić information content (AvgIpc) is 2.20. The zero-order valence-corrected chi connectivity index (χ0v) is 8.49. The topological polar surface area (TPSA) is 26.0 Å². The van der Waals surface area contributed by atoms with E-state index in [-0.39, 0.29) is 12.0 Å². The zero-order chi connectivity index (χ0) is 13.2. The van der Waals surface area contributed by atoms with Crippen LogP contribution in [0.1, 0.15) is 12.0 Å². The Labute approximate surface area is 93.2 Å². The van der Waals surface area contributed by atoms with E-state index in [4.69, 9.17) is 5.73 Å². The second-order valence-electron chi connectivity index (χ2n) is 3.56. The van der Waals surface area contributed by atoms with E-state index in [1.165, 1.54) is 0 Å². The van der Waals surface area contributed by atoms with Crippen LogP contribution in [0.25, 0.3) is 0 Å². The lowest BCUT2D eigenvalue weighted by Crippen LogP contribution is -2.37. The molecule has 17 heavy (non-hydrogen) atoms. The molecule has 0 amide bonds. The summed E-state index contributed by atoms with van der Waals surface area (Å²) in [6, 6.07) is -0.762. The summed E-state index contributed by atoms with van der Waals surface area (Å²) in [6.07, 6.45) is -5.36. The number of rotatable bonds is 3. The third-order valence-corrected chi connectivity index (χ3v) is 2.21. The number of hydrogen-bond donors (Lipinski definition) is 1. The molecular formula is C10H9F6N. The molecule has 1 unspecified atom stereocenters. The van der Waals surface area contributed by atoms with Gasteiger partial charge in [0.2, 0.25) is 0 Å². The maximum Gasteiger partial charge on any atom is 0.403 e. The summed E-state index contributed by atoms with van der Waals surface area (Å²) in [4.78, 5) is 0. The Morgan fingerprint density at radius 2 is 1.53 bits per heavy atom. The Balaban J connectivity index is 2.71. The molecule has 7 heteroatoms. The van der Waals surface area contributed by atoms with Gasteiger partial charge >= 0.3 is 6.18 Å². The van der Waals surface area contributed by atoms with Crippen LogP contribution in [-0.2, 0) is 6.42 Å². The predicted molar refractivity (Wildman–Crippen MR) is 48.7 cm³/mol. The van der Waals surface area contributed by atoms with Gasteiger partial charge in [-0.05, 0) is 30.5 Å². The molecule has 0 heterocycles. The third kappa shape index (κ3) is 3.62. The second-order valence-corrected chi connectivity index (χ2v) is 3.56. The van der Waals surface area contributed by atoms with Crippen molar-refractivity contribution in [3.05, 3.63) is 35.1 Å². The number of halogens is 6. The van der Waals surface area contributed by atoms with Crippen LogP contribution in [0, 0.1) is 17.5 Å². The number of alkyl halides is 3. The first-order chi connectivity index (χ1) is 7.71.